The van der Waals surface area contributed by atoms with Crippen LogP contribution in [0.3, 0.4) is 0 Å². The highest BCUT2D eigenvalue weighted by atomic mass is 19.1. The second-order valence-electron chi connectivity index (χ2n) is 6.61. The van der Waals surface area contributed by atoms with Crippen molar-refractivity contribution in [3.05, 3.63) is 54.1 Å². The summed E-state index contributed by atoms with van der Waals surface area (Å²) in [4.78, 5) is 16.4. The molecule has 0 radical (unpaired) electrons. The Morgan fingerprint density at radius 1 is 1.18 bits per heavy atom. The largest absolute Gasteiger partial charge is 0.491 e. The van der Waals surface area contributed by atoms with E-state index in [4.69, 9.17) is 4.74 Å². The van der Waals surface area contributed by atoms with E-state index >= 15 is 0 Å². The van der Waals surface area contributed by atoms with E-state index in [0.717, 1.165) is 25.2 Å². The normalized spacial score (nSPS) is 13.3. The fourth-order valence-electron chi connectivity index (χ4n) is 3.25. The van der Waals surface area contributed by atoms with Crippen LogP contribution in [0.1, 0.15) is 19.8 Å². The zero-order valence-electron chi connectivity index (χ0n) is 16.0. The van der Waals surface area contributed by atoms with Gasteiger partial charge in [0, 0.05) is 37.9 Å². The fraction of sp³-hybridized carbons (Fsp3) is 0.381. The summed E-state index contributed by atoms with van der Waals surface area (Å²) in [5, 5.41) is 2.93. The van der Waals surface area contributed by atoms with Gasteiger partial charge in [-0.25, -0.2) is 13.6 Å². The van der Waals surface area contributed by atoms with Crippen LogP contribution >= 0.6 is 0 Å². The molecule has 1 heterocycles. The van der Waals surface area contributed by atoms with Crippen LogP contribution in [-0.4, -0.2) is 38.8 Å². The maximum Gasteiger partial charge on any atom is 0.321 e. The Kier molecular flexibility index (Phi) is 6.68. The molecule has 1 N–H and O–H groups in total. The van der Waals surface area contributed by atoms with Crippen LogP contribution in [0.4, 0.5) is 25.0 Å². The van der Waals surface area contributed by atoms with Crippen molar-refractivity contribution in [2.45, 2.75) is 19.8 Å². The lowest BCUT2D eigenvalue weighted by molar-refractivity contribution is 0.246. The highest BCUT2D eigenvalue weighted by Gasteiger charge is 2.22. The van der Waals surface area contributed by atoms with E-state index in [1.807, 2.05) is 6.92 Å². The molecule has 0 fully saturated rings. The van der Waals surface area contributed by atoms with Crippen molar-refractivity contribution < 1.29 is 18.3 Å². The summed E-state index contributed by atoms with van der Waals surface area (Å²) in [7, 11) is 0. The number of carbonyl (C=O) groups is 1. The van der Waals surface area contributed by atoms with E-state index < -0.39 is 0 Å². The molecule has 0 bridgehead atoms. The fourth-order valence-corrected chi connectivity index (χ4v) is 3.25. The van der Waals surface area contributed by atoms with Gasteiger partial charge < -0.3 is 15.0 Å². The summed E-state index contributed by atoms with van der Waals surface area (Å²) in [6, 6.07) is 10.4. The molecule has 0 atom stereocenters. The summed E-state index contributed by atoms with van der Waals surface area (Å²) >= 11 is 0. The molecule has 0 aromatic heterocycles. The monoisotopic (exact) mass is 389 g/mol. The van der Waals surface area contributed by atoms with Gasteiger partial charge in [-0.3, -0.25) is 4.90 Å². The Hall–Kier alpha value is -2.83. The second kappa shape index (κ2) is 9.39. The van der Waals surface area contributed by atoms with Crippen LogP contribution in [-0.2, 0) is 0 Å². The molecule has 2 aromatic carbocycles. The Morgan fingerprint density at radius 2 is 1.93 bits per heavy atom. The number of urea groups is 1. The first-order valence-corrected chi connectivity index (χ1v) is 9.56. The summed E-state index contributed by atoms with van der Waals surface area (Å²) < 4.78 is 32.1. The maximum absolute atomic E-state index is 13.5. The van der Waals surface area contributed by atoms with Crippen LogP contribution in [0.5, 0.6) is 5.75 Å². The summed E-state index contributed by atoms with van der Waals surface area (Å²) in [5.74, 6) is -0.253. The molecular weight excluding hydrogens is 364 g/mol. The molecule has 0 unspecified atom stereocenters. The molecular formula is C21H25F2N3O2. The van der Waals surface area contributed by atoms with E-state index in [2.05, 4.69) is 10.2 Å². The molecule has 0 saturated carbocycles. The Balaban J connectivity index is 1.53. The van der Waals surface area contributed by atoms with E-state index in [-0.39, 0.29) is 17.7 Å². The van der Waals surface area contributed by atoms with Gasteiger partial charge in [0.05, 0.1) is 12.3 Å². The molecule has 7 heteroatoms. The number of nitrogens with one attached hydrogen (secondary N) is 1. The van der Waals surface area contributed by atoms with Gasteiger partial charge in [-0.2, -0.15) is 0 Å². The quantitative estimate of drug-likeness (QED) is 0.754. The predicted octanol–water partition coefficient (Wildman–Crippen LogP) is 4.18. The number of hydrogen-bond donors (Lipinski definition) is 1. The van der Waals surface area contributed by atoms with Crippen molar-refractivity contribution in [1.29, 1.82) is 0 Å². The number of halogens is 2. The number of carbonyl (C=O) groups excluding carboxylic acids is 1. The lowest BCUT2D eigenvalue weighted by Crippen LogP contribution is -2.41. The van der Waals surface area contributed by atoms with Crippen molar-refractivity contribution >= 4 is 17.4 Å². The van der Waals surface area contributed by atoms with Gasteiger partial charge in [-0.1, -0.05) is 0 Å². The minimum atomic E-state index is -0.388. The number of amides is 2. The Morgan fingerprint density at radius 3 is 2.68 bits per heavy atom. The Labute approximate surface area is 163 Å². The standard InChI is InChI=1S/C21H25F2N3O2/c1-2-25(18-8-5-16(22)6-9-18)12-3-11-24-21(27)26-13-4-14-28-20-15-17(23)7-10-19(20)26/h5-10,15H,2-4,11-14H2,1H3,(H,24,27). The first-order valence-electron chi connectivity index (χ1n) is 9.56. The molecule has 0 saturated heterocycles. The molecule has 2 aromatic rings. The number of ether oxygens (including phenoxy) is 1. The van der Waals surface area contributed by atoms with Crippen LogP contribution in [0, 0.1) is 11.6 Å². The molecule has 28 heavy (non-hydrogen) atoms. The third-order valence-electron chi connectivity index (χ3n) is 4.70. The van der Waals surface area contributed by atoms with Crippen LogP contribution < -0.4 is 19.9 Å². The predicted molar refractivity (Wildman–Crippen MR) is 106 cm³/mol. The lowest BCUT2D eigenvalue weighted by atomic mass is 10.2. The molecule has 2 amide bonds. The van der Waals surface area contributed by atoms with Gasteiger partial charge in [0.25, 0.3) is 0 Å². The number of nitrogens with zero attached hydrogens (tertiary/aromatic N) is 2. The molecule has 3 rings (SSSR count). The molecule has 5 nitrogen and oxygen atoms in total. The number of hydrogen-bond acceptors (Lipinski definition) is 3. The molecule has 0 aliphatic carbocycles. The van der Waals surface area contributed by atoms with Crippen molar-refractivity contribution in [3.8, 4) is 5.75 Å². The van der Waals surface area contributed by atoms with Crippen LogP contribution in [0.2, 0.25) is 0 Å². The van der Waals surface area contributed by atoms with Gasteiger partial charge >= 0.3 is 6.03 Å². The maximum atomic E-state index is 13.5. The Bertz CT molecular complexity index is 799. The van der Waals surface area contributed by atoms with Gasteiger partial charge in [-0.15, -0.1) is 0 Å². The number of rotatable bonds is 6. The zero-order valence-corrected chi connectivity index (χ0v) is 16.0. The second-order valence-corrected chi connectivity index (χ2v) is 6.61. The first-order chi connectivity index (χ1) is 13.6. The van der Waals surface area contributed by atoms with E-state index in [0.29, 0.717) is 37.6 Å². The van der Waals surface area contributed by atoms with Crippen molar-refractivity contribution in [1.82, 2.24) is 5.32 Å². The minimum absolute atomic E-state index is 0.219. The summed E-state index contributed by atoms with van der Waals surface area (Å²) in [5.41, 5.74) is 1.54. The SMILES string of the molecule is CCN(CCCNC(=O)N1CCCOc2cc(F)ccc21)c1ccc(F)cc1. The minimum Gasteiger partial charge on any atom is -0.491 e. The topological polar surface area (TPSA) is 44.8 Å². The summed E-state index contributed by atoms with van der Waals surface area (Å²) in [6.45, 7) is 5.04. The van der Waals surface area contributed by atoms with Crippen molar-refractivity contribution in [2.75, 3.05) is 42.6 Å². The zero-order chi connectivity index (χ0) is 19.9. The van der Waals surface area contributed by atoms with E-state index in [1.54, 1.807) is 23.1 Å². The summed E-state index contributed by atoms with van der Waals surface area (Å²) in [6.07, 6.45) is 1.43. The van der Waals surface area contributed by atoms with Crippen molar-refractivity contribution in [2.24, 2.45) is 0 Å². The van der Waals surface area contributed by atoms with Gasteiger partial charge in [0.1, 0.15) is 17.4 Å². The first kappa shape index (κ1) is 19.9. The average Bonchev–Trinajstić information content (AvgIpc) is 2.91. The van der Waals surface area contributed by atoms with Crippen LogP contribution in [0.15, 0.2) is 42.5 Å². The molecule has 150 valence electrons. The van der Waals surface area contributed by atoms with Gasteiger partial charge in [0.2, 0.25) is 0 Å². The van der Waals surface area contributed by atoms with Crippen molar-refractivity contribution in [3.63, 3.8) is 0 Å². The third kappa shape index (κ3) is 4.91. The lowest BCUT2D eigenvalue weighted by Gasteiger charge is -2.24. The van der Waals surface area contributed by atoms with Gasteiger partial charge in [-0.05, 0) is 56.2 Å². The highest BCUT2D eigenvalue weighted by molar-refractivity contribution is 5.93. The smallest absolute Gasteiger partial charge is 0.321 e. The average molecular weight is 389 g/mol. The van der Waals surface area contributed by atoms with E-state index in [1.165, 1.54) is 24.3 Å². The highest BCUT2D eigenvalue weighted by Crippen LogP contribution is 2.31. The molecule has 1 aliphatic heterocycles. The molecule has 1 aliphatic rings. The van der Waals surface area contributed by atoms with E-state index in [9.17, 15) is 13.6 Å². The molecule has 0 spiro atoms. The number of fused-ring (bicyclic) bond motifs is 1. The van der Waals surface area contributed by atoms with Crippen LogP contribution in [0.25, 0.3) is 0 Å². The number of anilines is 2. The third-order valence-corrected chi connectivity index (χ3v) is 4.70. The number of benzene rings is 2. The van der Waals surface area contributed by atoms with Gasteiger partial charge in [0.15, 0.2) is 0 Å².